The molecule has 6 nitrogen and oxygen atoms in total. The van der Waals surface area contributed by atoms with Gasteiger partial charge in [0.05, 0.1) is 16.7 Å². The minimum atomic E-state index is 0.344. The number of hydrogen-bond acceptors (Lipinski definition) is 5. The molecule has 0 saturated carbocycles. The van der Waals surface area contributed by atoms with Crippen molar-refractivity contribution in [3.63, 3.8) is 0 Å². The Labute approximate surface area is 182 Å². The number of nitrogens with zero attached hydrogens (tertiary/aromatic N) is 5. The van der Waals surface area contributed by atoms with E-state index in [4.69, 9.17) is 11.6 Å². The first-order valence-electron chi connectivity index (χ1n) is 9.66. The van der Waals surface area contributed by atoms with Gasteiger partial charge in [-0.2, -0.15) is 5.10 Å². The van der Waals surface area contributed by atoms with Crippen LogP contribution < -0.4 is 0 Å². The number of aromatic nitrogens is 6. The molecule has 0 saturated heterocycles. The highest BCUT2D eigenvalue weighted by molar-refractivity contribution is 7.14. The largest absolute Gasteiger partial charge is 0.328 e. The average Bonchev–Trinajstić information content (AvgIpc) is 3.51. The van der Waals surface area contributed by atoms with Gasteiger partial charge in [-0.15, -0.1) is 10.2 Å². The summed E-state index contributed by atoms with van der Waals surface area (Å²) >= 11 is 8.14. The van der Waals surface area contributed by atoms with Crippen molar-refractivity contribution >= 4 is 33.8 Å². The third kappa shape index (κ3) is 3.40. The smallest absolute Gasteiger partial charge is 0.147 e. The zero-order valence-corrected chi connectivity index (χ0v) is 18.1. The number of halogens is 1. The van der Waals surface area contributed by atoms with Gasteiger partial charge in [-0.05, 0) is 31.5 Å². The molecule has 150 valence electrons. The van der Waals surface area contributed by atoms with Gasteiger partial charge in [0, 0.05) is 41.4 Å². The Balaban J connectivity index is 1.44. The van der Waals surface area contributed by atoms with E-state index in [0.29, 0.717) is 17.5 Å². The summed E-state index contributed by atoms with van der Waals surface area (Å²) in [5.41, 5.74) is 4.04. The lowest BCUT2D eigenvalue weighted by atomic mass is 10.1. The SMILES string of the molecule is CC(C)n1ccnc1-c1cccc(-c2nnc(Cc3ccc4[nH]ncc4c3Cl)s2)c1. The van der Waals surface area contributed by atoms with Gasteiger partial charge >= 0.3 is 0 Å². The molecular formula is C22H19ClN6S. The molecule has 0 aliphatic heterocycles. The Morgan fingerprint density at radius 1 is 1.13 bits per heavy atom. The number of hydrogen-bond donors (Lipinski definition) is 1. The first-order chi connectivity index (χ1) is 14.6. The van der Waals surface area contributed by atoms with Crippen molar-refractivity contribution in [3.8, 4) is 22.0 Å². The zero-order valence-electron chi connectivity index (χ0n) is 16.5. The van der Waals surface area contributed by atoms with E-state index < -0.39 is 0 Å². The molecule has 0 aliphatic rings. The molecule has 3 heterocycles. The number of rotatable bonds is 5. The predicted molar refractivity (Wildman–Crippen MR) is 121 cm³/mol. The summed E-state index contributed by atoms with van der Waals surface area (Å²) in [5, 5.41) is 19.3. The van der Waals surface area contributed by atoms with Gasteiger partial charge in [-0.3, -0.25) is 5.10 Å². The van der Waals surface area contributed by atoms with Crippen molar-refractivity contribution in [3.05, 3.63) is 70.6 Å². The zero-order chi connectivity index (χ0) is 20.7. The van der Waals surface area contributed by atoms with Gasteiger partial charge in [-0.1, -0.05) is 47.2 Å². The molecule has 0 aliphatic carbocycles. The molecule has 3 aromatic heterocycles. The van der Waals surface area contributed by atoms with E-state index in [1.54, 1.807) is 17.5 Å². The monoisotopic (exact) mass is 434 g/mol. The Hall–Kier alpha value is -3.03. The molecule has 30 heavy (non-hydrogen) atoms. The minimum Gasteiger partial charge on any atom is -0.328 e. The molecular weight excluding hydrogens is 416 g/mol. The summed E-state index contributed by atoms with van der Waals surface area (Å²) in [6.07, 6.45) is 6.23. The third-order valence-corrected chi connectivity index (χ3v) is 6.46. The second-order valence-electron chi connectivity index (χ2n) is 7.38. The quantitative estimate of drug-likeness (QED) is 0.381. The fourth-order valence-electron chi connectivity index (χ4n) is 3.51. The topological polar surface area (TPSA) is 72.3 Å². The van der Waals surface area contributed by atoms with E-state index in [-0.39, 0.29) is 0 Å². The second kappa shape index (κ2) is 7.66. The second-order valence-corrected chi connectivity index (χ2v) is 8.82. The van der Waals surface area contributed by atoms with Crippen LogP contribution in [0.4, 0.5) is 0 Å². The number of benzene rings is 2. The molecule has 0 spiro atoms. The summed E-state index contributed by atoms with van der Waals surface area (Å²) < 4.78 is 2.17. The fraction of sp³-hybridized carbons (Fsp3) is 0.182. The van der Waals surface area contributed by atoms with Gasteiger partial charge in [0.25, 0.3) is 0 Å². The lowest BCUT2D eigenvalue weighted by molar-refractivity contribution is 0.606. The maximum atomic E-state index is 6.56. The summed E-state index contributed by atoms with van der Waals surface area (Å²) in [4.78, 5) is 4.54. The van der Waals surface area contributed by atoms with Crippen LogP contribution >= 0.6 is 22.9 Å². The van der Waals surface area contributed by atoms with Gasteiger partial charge < -0.3 is 4.57 Å². The third-order valence-electron chi connectivity index (χ3n) is 5.04. The molecule has 0 fully saturated rings. The fourth-order valence-corrected chi connectivity index (χ4v) is 4.65. The molecule has 0 radical (unpaired) electrons. The summed E-state index contributed by atoms with van der Waals surface area (Å²) in [7, 11) is 0. The highest BCUT2D eigenvalue weighted by Crippen LogP contribution is 2.32. The van der Waals surface area contributed by atoms with Gasteiger partial charge in [-0.25, -0.2) is 4.98 Å². The number of nitrogens with one attached hydrogen (secondary N) is 1. The van der Waals surface area contributed by atoms with Crippen molar-refractivity contribution in [2.75, 3.05) is 0 Å². The maximum Gasteiger partial charge on any atom is 0.147 e. The van der Waals surface area contributed by atoms with E-state index in [0.717, 1.165) is 43.4 Å². The van der Waals surface area contributed by atoms with Gasteiger partial charge in [0.1, 0.15) is 15.8 Å². The van der Waals surface area contributed by atoms with E-state index >= 15 is 0 Å². The van der Waals surface area contributed by atoms with Crippen LogP contribution in [0.3, 0.4) is 0 Å². The van der Waals surface area contributed by atoms with Crippen LogP contribution in [-0.4, -0.2) is 29.9 Å². The molecule has 0 amide bonds. The highest BCUT2D eigenvalue weighted by Gasteiger charge is 2.14. The lowest BCUT2D eigenvalue weighted by Crippen LogP contribution is -2.01. The Bertz CT molecular complexity index is 1330. The number of imidazole rings is 1. The number of fused-ring (bicyclic) bond motifs is 1. The van der Waals surface area contributed by atoms with Crippen molar-refractivity contribution < 1.29 is 0 Å². The van der Waals surface area contributed by atoms with Gasteiger partial charge in [0.2, 0.25) is 0 Å². The van der Waals surface area contributed by atoms with Crippen LogP contribution in [0.25, 0.3) is 32.9 Å². The summed E-state index contributed by atoms with van der Waals surface area (Å²) in [5.74, 6) is 0.955. The molecule has 5 aromatic rings. The molecule has 8 heteroatoms. The van der Waals surface area contributed by atoms with E-state index in [1.807, 2.05) is 30.6 Å². The Morgan fingerprint density at radius 2 is 2.00 bits per heavy atom. The maximum absolute atomic E-state index is 6.56. The van der Waals surface area contributed by atoms with E-state index in [9.17, 15) is 0 Å². The van der Waals surface area contributed by atoms with Crippen LogP contribution in [0.2, 0.25) is 5.02 Å². The van der Waals surface area contributed by atoms with Crippen molar-refractivity contribution in [2.24, 2.45) is 0 Å². The predicted octanol–water partition coefficient (Wildman–Crippen LogP) is 5.77. The first-order valence-corrected chi connectivity index (χ1v) is 10.9. The minimum absolute atomic E-state index is 0.344. The lowest BCUT2D eigenvalue weighted by Gasteiger charge is -2.11. The summed E-state index contributed by atoms with van der Waals surface area (Å²) in [6.45, 7) is 4.30. The van der Waals surface area contributed by atoms with Crippen LogP contribution in [0.5, 0.6) is 0 Å². The van der Waals surface area contributed by atoms with E-state index in [2.05, 4.69) is 62.0 Å². The average molecular weight is 435 g/mol. The van der Waals surface area contributed by atoms with Crippen LogP contribution in [0.15, 0.2) is 55.0 Å². The van der Waals surface area contributed by atoms with Crippen molar-refractivity contribution in [1.29, 1.82) is 0 Å². The van der Waals surface area contributed by atoms with Gasteiger partial charge in [0.15, 0.2) is 0 Å². The Morgan fingerprint density at radius 3 is 2.87 bits per heavy atom. The molecule has 2 aromatic carbocycles. The molecule has 1 N–H and O–H groups in total. The summed E-state index contributed by atoms with van der Waals surface area (Å²) in [6, 6.07) is 12.6. The molecule has 0 unspecified atom stereocenters. The number of H-pyrrole nitrogens is 1. The normalized spacial score (nSPS) is 11.6. The van der Waals surface area contributed by atoms with Crippen LogP contribution in [0, 0.1) is 0 Å². The molecule has 0 atom stereocenters. The van der Waals surface area contributed by atoms with E-state index in [1.165, 1.54) is 0 Å². The highest BCUT2D eigenvalue weighted by atomic mass is 35.5. The van der Waals surface area contributed by atoms with Crippen molar-refractivity contribution in [2.45, 2.75) is 26.3 Å². The standard InChI is InChI=1S/C22H19ClN6S/c1-13(2)29-9-8-24-21(29)15-4-3-5-16(10-15)22-28-27-19(30-22)11-14-6-7-18-17(20(14)23)12-25-26-18/h3-10,12-13H,11H2,1-2H3,(H,25,26). The van der Waals surface area contributed by atoms with Crippen molar-refractivity contribution in [1.82, 2.24) is 29.9 Å². The van der Waals surface area contributed by atoms with Crippen LogP contribution in [-0.2, 0) is 6.42 Å². The Kier molecular flexibility index (Phi) is 4.84. The first kappa shape index (κ1) is 19.0. The number of aromatic amines is 1. The molecule has 0 bridgehead atoms. The molecule has 5 rings (SSSR count). The van der Waals surface area contributed by atoms with Crippen LogP contribution in [0.1, 0.15) is 30.5 Å².